The molecule has 1 saturated carbocycles. The van der Waals surface area contributed by atoms with Crippen LogP contribution in [0.2, 0.25) is 0 Å². The van der Waals surface area contributed by atoms with Crippen LogP contribution in [-0.2, 0) is 4.79 Å². The maximum Gasteiger partial charge on any atom is 0.240 e. The molecule has 0 heterocycles. The number of carbonyl (C=O) groups is 1. The number of hydrogen-bond acceptors (Lipinski definition) is 3. The topological polar surface area (TPSA) is 58.4 Å². The molecule has 1 fully saturated rings. The lowest BCUT2D eigenvalue weighted by Gasteiger charge is -2.17. The molecule has 1 aromatic carbocycles. The number of nitrogens with zero attached hydrogens (tertiary/aromatic N) is 1. The van der Waals surface area contributed by atoms with Crippen molar-refractivity contribution in [3.05, 3.63) is 24.3 Å². The van der Waals surface area contributed by atoms with E-state index in [1.165, 1.54) is 12.8 Å². The third-order valence-electron chi connectivity index (χ3n) is 3.06. The van der Waals surface area contributed by atoms with Gasteiger partial charge in [-0.3, -0.25) is 4.79 Å². The Kier molecular flexibility index (Phi) is 3.64. The first-order chi connectivity index (χ1) is 8.16. The zero-order valence-corrected chi connectivity index (χ0v) is 10.1. The highest BCUT2D eigenvalue weighted by molar-refractivity contribution is 5.94. The van der Waals surface area contributed by atoms with Gasteiger partial charge in [0.25, 0.3) is 0 Å². The second-order valence-corrected chi connectivity index (χ2v) is 4.62. The summed E-state index contributed by atoms with van der Waals surface area (Å²) >= 11 is 0. The molecule has 4 nitrogen and oxygen atoms in total. The van der Waals surface area contributed by atoms with Gasteiger partial charge in [-0.25, -0.2) is 0 Å². The highest BCUT2D eigenvalue weighted by Gasteiger charge is 2.21. The van der Waals surface area contributed by atoms with Crippen LogP contribution in [0.1, 0.15) is 12.8 Å². The van der Waals surface area contributed by atoms with Crippen molar-refractivity contribution in [2.45, 2.75) is 12.8 Å². The second-order valence-electron chi connectivity index (χ2n) is 4.62. The summed E-state index contributed by atoms with van der Waals surface area (Å²) in [7, 11) is 1.78. The summed E-state index contributed by atoms with van der Waals surface area (Å²) in [6.07, 6.45) is 2.60. The van der Waals surface area contributed by atoms with E-state index < -0.39 is 0 Å². The Morgan fingerprint density at radius 1 is 1.41 bits per heavy atom. The van der Waals surface area contributed by atoms with E-state index in [-0.39, 0.29) is 5.91 Å². The van der Waals surface area contributed by atoms with Gasteiger partial charge in [0.2, 0.25) is 5.91 Å². The van der Waals surface area contributed by atoms with Gasteiger partial charge in [0, 0.05) is 18.4 Å². The number of nitrogens with two attached hydrogens (primary N) is 1. The lowest BCUT2D eigenvalue weighted by Crippen LogP contribution is -2.36. The molecule has 4 heteroatoms. The lowest BCUT2D eigenvalue weighted by atomic mass is 10.2. The van der Waals surface area contributed by atoms with Crippen molar-refractivity contribution in [1.82, 2.24) is 5.32 Å². The number of amides is 1. The third-order valence-corrected chi connectivity index (χ3v) is 3.06. The van der Waals surface area contributed by atoms with E-state index in [1.807, 2.05) is 12.1 Å². The van der Waals surface area contributed by atoms with Crippen LogP contribution < -0.4 is 16.0 Å². The number of anilines is 2. The fourth-order valence-corrected chi connectivity index (χ4v) is 1.67. The SMILES string of the molecule is CN(C(=O)CNCC1CC1)c1ccc(N)cc1. The Bertz CT molecular complexity index is 384. The van der Waals surface area contributed by atoms with Crippen LogP contribution in [0.3, 0.4) is 0 Å². The van der Waals surface area contributed by atoms with Gasteiger partial charge in [0.1, 0.15) is 0 Å². The molecule has 1 aromatic rings. The van der Waals surface area contributed by atoms with Gasteiger partial charge in [0.15, 0.2) is 0 Å². The maximum absolute atomic E-state index is 11.9. The molecule has 2 rings (SSSR count). The standard InChI is InChI=1S/C13H19N3O/c1-16(12-6-4-11(14)5-7-12)13(17)9-15-8-10-2-3-10/h4-7,10,15H,2-3,8-9,14H2,1H3. The van der Waals surface area contributed by atoms with Gasteiger partial charge in [-0.1, -0.05) is 0 Å². The molecule has 0 spiro atoms. The molecule has 17 heavy (non-hydrogen) atoms. The zero-order valence-electron chi connectivity index (χ0n) is 10.1. The maximum atomic E-state index is 11.9. The number of rotatable bonds is 5. The predicted molar refractivity (Wildman–Crippen MR) is 69.9 cm³/mol. The van der Waals surface area contributed by atoms with E-state index in [0.29, 0.717) is 12.2 Å². The van der Waals surface area contributed by atoms with Crippen LogP contribution >= 0.6 is 0 Å². The highest BCUT2D eigenvalue weighted by Crippen LogP contribution is 2.27. The summed E-state index contributed by atoms with van der Waals surface area (Å²) in [5.74, 6) is 0.875. The van der Waals surface area contributed by atoms with Crippen molar-refractivity contribution in [2.24, 2.45) is 5.92 Å². The van der Waals surface area contributed by atoms with E-state index in [0.717, 1.165) is 18.2 Å². The third kappa shape index (κ3) is 3.46. The van der Waals surface area contributed by atoms with Gasteiger partial charge in [-0.15, -0.1) is 0 Å². The quantitative estimate of drug-likeness (QED) is 0.752. The second kappa shape index (κ2) is 5.19. The van der Waals surface area contributed by atoms with Crippen LogP contribution in [0.5, 0.6) is 0 Å². The van der Waals surface area contributed by atoms with E-state index in [2.05, 4.69) is 5.32 Å². The fraction of sp³-hybridized carbons (Fsp3) is 0.462. The van der Waals surface area contributed by atoms with Crippen LogP contribution in [0.25, 0.3) is 0 Å². The number of hydrogen-bond donors (Lipinski definition) is 2. The largest absolute Gasteiger partial charge is 0.399 e. The molecule has 0 atom stereocenters. The summed E-state index contributed by atoms with van der Waals surface area (Å²) in [5.41, 5.74) is 7.19. The summed E-state index contributed by atoms with van der Waals surface area (Å²) in [6.45, 7) is 1.36. The van der Waals surface area contributed by atoms with E-state index in [1.54, 1.807) is 24.1 Å². The summed E-state index contributed by atoms with van der Waals surface area (Å²) in [4.78, 5) is 13.5. The minimum Gasteiger partial charge on any atom is -0.399 e. The minimum absolute atomic E-state index is 0.0791. The number of nitrogens with one attached hydrogen (secondary N) is 1. The summed E-state index contributed by atoms with van der Waals surface area (Å²) in [6, 6.07) is 7.32. The lowest BCUT2D eigenvalue weighted by molar-refractivity contribution is -0.117. The molecule has 0 aromatic heterocycles. The predicted octanol–water partition coefficient (Wildman–Crippen LogP) is 1.23. The van der Waals surface area contributed by atoms with E-state index in [4.69, 9.17) is 5.73 Å². The Hall–Kier alpha value is -1.55. The van der Waals surface area contributed by atoms with Crippen molar-refractivity contribution >= 4 is 17.3 Å². The molecule has 1 aliphatic carbocycles. The summed E-state index contributed by atoms with van der Waals surface area (Å²) in [5, 5.41) is 3.19. The fourth-order valence-electron chi connectivity index (χ4n) is 1.67. The van der Waals surface area contributed by atoms with Crippen LogP contribution in [-0.4, -0.2) is 26.0 Å². The van der Waals surface area contributed by atoms with Crippen molar-refractivity contribution < 1.29 is 4.79 Å². The van der Waals surface area contributed by atoms with E-state index in [9.17, 15) is 4.79 Å². The Morgan fingerprint density at radius 2 is 2.06 bits per heavy atom. The van der Waals surface area contributed by atoms with Crippen LogP contribution in [0.4, 0.5) is 11.4 Å². The van der Waals surface area contributed by atoms with E-state index >= 15 is 0 Å². The zero-order chi connectivity index (χ0) is 12.3. The first kappa shape index (κ1) is 11.9. The monoisotopic (exact) mass is 233 g/mol. The Morgan fingerprint density at radius 3 is 2.65 bits per heavy atom. The van der Waals surface area contributed by atoms with Crippen LogP contribution in [0.15, 0.2) is 24.3 Å². The number of likely N-dealkylation sites (N-methyl/N-ethyl adjacent to an activating group) is 1. The molecule has 0 radical (unpaired) electrons. The average molecular weight is 233 g/mol. The Labute approximate surface area is 102 Å². The minimum atomic E-state index is 0.0791. The highest BCUT2D eigenvalue weighted by atomic mass is 16.2. The number of carbonyl (C=O) groups excluding carboxylic acids is 1. The van der Waals surface area contributed by atoms with Gasteiger partial charge < -0.3 is 16.0 Å². The molecule has 0 unspecified atom stereocenters. The van der Waals surface area contributed by atoms with Crippen molar-refractivity contribution in [3.8, 4) is 0 Å². The number of benzene rings is 1. The molecular formula is C13H19N3O. The molecular weight excluding hydrogens is 214 g/mol. The van der Waals surface area contributed by atoms with Crippen molar-refractivity contribution in [1.29, 1.82) is 0 Å². The van der Waals surface area contributed by atoms with Gasteiger partial charge in [0.05, 0.1) is 6.54 Å². The number of nitrogen functional groups attached to an aromatic ring is 1. The molecule has 3 N–H and O–H groups in total. The van der Waals surface area contributed by atoms with Crippen LogP contribution in [0, 0.1) is 5.92 Å². The first-order valence-electron chi connectivity index (χ1n) is 5.99. The first-order valence-corrected chi connectivity index (χ1v) is 5.99. The molecule has 1 amide bonds. The average Bonchev–Trinajstić information content (AvgIpc) is 3.13. The van der Waals surface area contributed by atoms with Crippen molar-refractivity contribution in [3.63, 3.8) is 0 Å². The van der Waals surface area contributed by atoms with Gasteiger partial charge in [-0.05, 0) is 49.6 Å². The molecule has 1 aliphatic rings. The van der Waals surface area contributed by atoms with Crippen molar-refractivity contribution in [2.75, 3.05) is 30.8 Å². The molecule has 0 aliphatic heterocycles. The Balaban J connectivity index is 1.82. The molecule has 0 saturated heterocycles. The van der Waals surface area contributed by atoms with Gasteiger partial charge >= 0.3 is 0 Å². The summed E-state index contributed by atoms with van der Waals surface area (Å²) < 4.78 is 0. The van der Waals surface area contributed by atoms with Gasteiger partial charge in [-0.2, -0.15) is 0 Å². The molecule has 92 valence electrons. The molecule has 0 bridgehead atoms. The smallest absolute Gasteiger partial charge is 0.240 e. The normalized spacial score (nSPS) is 14.6.